The van der Waals surface area contributed by atoms with Gasteiger partial charge in [-0.25, -0.2) is 14.4 Å². The molecule has 0 amide bonds. The molecule has 2 heterocycles. The van der Waals surface area contributed by atoms with Gasteiger partial charge in [0.2, 0.25) is 5.88 Å². The highest BCUT2D eigenvalue weighted by Gasteiger charge is 2.24. The maximum Gasteiger partial charge on any atom is 0.216 e. The Balaban J connectivity index is 1.14. The summed E-state index contributed by atoms with van der Waals surface area (Å²) >= 11 is 0. The molecule has 0 unspecified atom stereocenters. The van der Waals surface area contributed by atoms with E-state index in [-0.39, 0.29) is 24.0 Å². The van der Waals surface area contributed by atoms with Crippen molar-refractivity contribution in [3.8, 4) is 17.7 Å². The Kier molecular flexibility index (Phi) is 7.08. The van der Waals surface area contributed by atoms with Crippen LogP contribution in [0.1, 0.15) is 53.3 Å². The first-order chi connectivity index (χ1) is 18.0. The molecule has 9 heteroatoms. The van der Waals surface area contributed by atoms with E-state index in [9.17, 15) is 9.18 Å². The third-order valence-electron chi connectivity index (χ3n) is 6.78. The van der Waals surface area contributed by atoms with Gasteiger partial charge < -0.3 is 14.0 Å². The summed E-state index contributed by atoms with van der Waals surface area (Å²) in [7, 11) is 2.00. The number of aryl methyl sites for hydroxylation is 1. The first-order valence-electron chi connectivity index (χ1n) is 12.2. The number of imidazole rings is 1. The SMILES string of the molecule is Cn1c(CC2CCC(Oc3ccnc(COc4ccc(C#N)cc4F)n3)CC2)nc2ccc(C=O)cc21. The van der Waals surface area contributed by atoms with Crippen molar-refractivity contribution in [1.29, 1.82) is 5.26 Å². The van der Waals surface area contributed by atoms with Crippen LogP contribution in [-0.4, -0.2) is 31.9 Å². The number of nitriles is 1. The van der Waals surface area contributed by atoms with Crippen LogP contribution in [0, 0.1) is 23.1 Å². The molecule has 1 fully saturated rings. The molecule has 0 bridgehead atoms. The van der Waals surface area contributed by atoms with Crippen LogP contribution in [0.5, 0.6) is 11.6 Å². The summed E-state index contributed by atoms with van der Waals surface area (Å²) in [6.07, 6.45) is 7.27. The summed E-state index contributed by atoms with van der Waals surface area (Å²) in [5.41, 5.74) is 2.76. The van der Waals surface area contributed by atoms with Gasteiger partial charge in [-0.15, -0.1) is 0 Å². The average Bonchev–Trinajstić information content (AvgIpc) is 3.23. The molecule has 4 aromatic rings. The summed E-state index contributed by atoms with van der Waals surface area (Å²) in [4.78, 5) is 24.5. The maximum absolute atomic E-state index is 14.0. The molecule has 0 saturated heterocycles. The number of carbonyl (C=O) groups excluding carboxylic acids is 1. The first-order valence-corrected chi connectivity index (χ1v) is 12.2. The van der Waals surface area contributed by atoms with Crippen molar-refractivity contribution in [3.05, 3.63) is 77.3 Å². The number of halogens is 1. The van der Waals surface area contributed by atoms with Gasteiger partial charge in [-0.2, -0.15) is 10.2 Å². The highest BCUT2D eigenvalue weighted by Crippen LogP contribution is 2.30. The number of nitrogens with zero attached hydrogens (tertiary/aromatic N) is 5. The number of fused-ring (bicyclic) bond motifs is 1. The van der Waals surface area contributed by atoms with Crippen LogP contribution in [0.3, 0.4) is 0 Å². The van der Waals surface area contributed by atoms with Crippen molar-refractivity contribution in [3.63, 3.8) is 0 Å². The van der Waals surface area contributed by atoms with Crippen LogP contribution in [0.15, 0.2) is 48.7 Å². The second kappa shape index (κ2) is 10.7. The van der Waals surface area contributed by atoms with Gasteiger partial charge in [0.25, 0.3) is 0 Å². The Bertz CT molecular complexity index is 1470. The minimum absolute atomic E-state index is 0.0148. The van der Waals surface area contributed by atoms with Crippen molar-refractivity contribution in [2.75, 3.05) is 0 Å². The van der Waals surface area contributed by atoms with Gasteiger partial charge >= 0.3 is 0 Å². The number of rotatable bonds is 8. The van der Waals surface area contributed by atoms with E-state index < -0.39 is 5.82 Å². The minimum Gasteiger partial charge on any atom is -0.483 e. The Hall–Kier alpha value is -4.32. The van der Waals surface area contributed by atoms with E-state index in [0.717, 1.165) is 61.3 Å². The van der Waals surface area contributed by atoms with Crippen LogP contribution >= 0.6 is 0 Å². The molecule has 0 radical (unpaired) electrons. The fourth-order valence-corrected chi connectivity index (χ4v) is 4.74. The van der Waals surface area contributed by atoms with Crippen LogP contribution < -0.4 is 9.47 Å². The van der Waals surface area contributed by atoms with Gasteiger partial charge in [-0.1, -0.05) is 0 Å². The molecule has 188 valence electrons. The third kappa shape index (κ3) is 5.59. The van der Waals surface area contributed by atoms with Crippen molar-refractivity contribution in [2.45, 2.75) is 44.8 Å². The van der Waals surface area contributed by atoms with E-state index in [4.69, 9.17) is 19.7 Å². The van der Waals surface area contributed by atoms with Crippen LogP contribution in [0.2, 0.25) is 0 Å². The highest BCUT2D eigenvalue weighted by molar-refractivity contribution is 5.85. The van der Waals surface area contributed by atoms with Gasteiger partial charge in [-0.05, 0) is 68.0 Å². The summed E-state index contributed by atoms with van der Waals surface area (Å²) < 4.78 is 27.7. The monoisotopic (exact) mass is 499 g/mol. The molecule has 0 aliphatic heterocycles. The number of aromatic nitrogens is 4. The zero-order chi connectivity index (χ0) is 25.8. The predicted octanol–water partition coefficient (Wildman–Crippen LogP) is 4.95. The van der Waals surface area contributed by atoms with E-state index in [0.29, 0.717) is 23.2 Å². The van der Waals surface area contributed by atoms with Crippen molar-refractivity contribution < 1.29 is 18.7 Å². The fraction of sp³-hybridized carbons (Fsp3) is 0.321. The van der Waals surface area contributed by atoms with Crippen molar-refractivity contribution in [1.82, 2.24) is 19.5 Å². The Morgan fingerprint density at radius 3 is 2.73 bits per heavy atom. The molecule has 8 nitrogen and oxygen atoms in total. The smallest absolute Gasteiger partial charge is 0.216 e. The lowest BCUT2D eigenvalue weighted by Gasteiger charge is -2.28. The third-order valence-corrected chi connectivity index (χ3v) is 6.78. The fourth-order valence-electron chi connectivity index (χ4n) is 4.74. The van der Waals surface area contributed by atoms with E-state index >= 15 is 0 Å². The quantitative estimate of drug-likeness (QED) is 0.316. The van der Waals surface area contributed by atoms with E-state index in [1.807, 2.05) is 25.2 Å². The summed E-state index contributed by atoms with van der Waals surface area (Å²) in [6, 6.07) is 13.2. The molecule has 0 spiro atoms. The lowest BCUT2D eigenvalue weighted by atomic mass is 9.85. The number of benzene rings is 2. The summed E-state index contributed by atoms with van der Waals surface area (Å²) in [5.74, 6) is 1.83. The number of carbonyl (C=O) groups is 1. The Morgan fingerprint density at radius 1 is 1.14 bits per heavy atom. The molecule has 0 atom stereocenters. The van der Waals surface area contributed by atoms with Gasteiger partial charge in [0.15, 0.2) is 17.4 Å². The number of hydrogen-bond acceptors (Lipinski definition) is 7. The molecule has 5 rings (SSSR count). The Labute approximate surface area is 213 Å². The van der Waals surface area contributed by atoms with Crippen LogP contribution in [-0.2, 0) is 20.1 Å². The normalized spacial score (nSPS) is 17.3. The van der Waals surface area contributed by atoms with Gasteiger partial charge in [0.05, 0.1) is 22.7 Å². The molecule has 1 aliphatic carbocycles. The van der Waals surface area contributed by atoms with Gasteiger partial charge in [0, 0.05) is 31.3 Å². The van der Waals surface area contributed by atoms with Gasteiger partial charge in [-0.3, -0.25) is 4.79 Å². The van der Waals surface area contributed by atoms with Crippen LogP contribution in [0.4, 0.5) is 4.39 Å². The lowest BCUT2D eigenvalue weighted by molar-refractivity contribution is 0.112. The van der Waals surface area contributed by atoms with Crippen LogP contribution in [0.25, 0.3) is 11.0 Å². The minimum atomic E-state index is -0.604. The van der Waals surface area contributed by atoms with Gasteiger partial charge in [0.1, 0.15) is 24.8 Å². The van der Waals surface area contributed by atoms with E-state index in [1.54, 1.807) is 18.3 Å². The van der Waals surface area contributed by atoms with E-state index in [2.05, 4.69) is 14.5 Å². The molecule has 1 aliphatic rings. The molecular weight excluding hydrogens is 473 g/mol. The molecule has 2 aromatic carbocycles. The topological polar surface area (TPSA) is 103 Å². The molecular formula is C28H26FN5O3. The largest absolute Gasteiger partial charge is 0.483 e. The first kappa shape index (κ1) is 24.4. The lowest BCUT2D eigenvalue weighted by Crippen LogP contribution is -2.26. The zero-order valence-corrected chi connectivity index (χ0v) is 20.4. The van der Waals surface area contributed by atoms with Crippen molar-refractivity contribution >= 4 is 17.3 Å². The van der Waals surface area contributed by atoms with Crippen molar-refractivity contribution in [2.24, 2.45) is 13.0 Å². The number of hydrogen-bond donors (Lipinski definition) is 0. The Morgan fingerprint density at radius 2 is 1.97 bits per heavy atom. The highest BCUT2D eigenvalue weighted by atomic mass is 19.1. The van der Waals surface area contributed by atoms with E-state index in [1.165, 1.54) is 12.1 Å². The molecule has 37 heavy (non-hydrogen) atoms. The number of aldehydes is 1. The summed E-state index contributed by atoms with van der Waals surface area (Å²) in [5, 5.41) is 8.86. The second-order valence-corrected chi connectivity index (χ2v) is 9.27. The maximum atomic E-state index is 14.0. The predicted molar refractivity (Wildman–Crippen MR) is 134 cm³/mol. The molecule has 2 aromatic heterocycles. The average molecular weight is 500 g/mol. The zero-order valence-electron chi connectivity index (χ0n) is 20.4. The second-order valence-electron chi connectivity index (χ2n) is 9.27. The molecule has 1 saturated carbocycles. The number of ether oxygens (including phenoxy) is 2. The summed E-state index contributed by atoms with van der Waals surface area (Å²) in [6.45, 7) is -0.0148. The standard InChI is InChI=1S/C28H26FN5O3/c1-34-24-13-20(16-35)4-8-23(24)32-27(34)14-18-2-6-21(7-3-18)37-28-10-11-31-26(33-28)17-36-25-9-5-19(15-30)12-22(25)29/h4-5,8-13,16,18,21H,2-3,6-7,14,17H2,1H3. The molecule has 0 N–H and O–H groups in total.